The van der Waals surface area contributed by atoms with Gasteiger partial charge in [0, 0.05) is 18.6 Å². The van der Waals surface area contributed by atoms with E-state index in [2.05, 4.69) is 18.3 Å². The lowest BCUT2D eigenvalue weighted by Crippen LogP contribution is -2.36. The van der Waals surface area contributed by atoms with Gasteiger partial charge in [0.25, 0.3) is 5.91 Å². The molecule has 21 heavy (non-hydrogen) atoms. The maximum Gasteiger partial charge on any atom is 0.260 e. The van der Waals surface area contributed by atoms with Crippen molar-refractivity contribution in [3.63, 3.8) is 0 Å². The number of hydrogen-bond acceptors (Lipinski definition) is 3. The number of nitrogens with zero attached hydrogens (tertiary/aromatic N) is 1. The highest BCUT2D eigenvalue weighted by Gasteiger charge is 2.31. The number of aryl methyl sites for hydroxylation is 1. The van der Waals surface area contributed by atoms with Gasteiger partial charge in [-0.05, 0) is 51.2 Å². The van der Waals surface area contributed by atoms with E-state index >= 15 is 0 Å². The number of amides is 1. The van der Waals surface area contributed by atoms with E-state index in [1.807, 2.05) is 24.0 Å². The van der Waals surface area contributed by atoms with Crippen molar-refractivity contribution in [3.05, 3.63) is 23.8 Å². The van der Waals surface area contributed by atoms with Crippen LogP contribution in [0.1, 0.15) is 38.7 Å². The molecule has 1 aliphatic carbocycles. The van der Waals surface area contributed by atoms with E-state index in [0.717, 1.165) is 43.7 Å². The lowest BCUT2D eigenvalue weighted by molar-refractivity contribution is -0.133. The summed E-state index contributed by atoms with van der Waals surface area (Å²) in [5.74, 6) is 0.903. The number of carbonyl (C=O) groups is 1. The average molecular weight is 288 g/mol. The summed E-state index contributed by atoms with van der Waals surface area (Å²) in [6.07, 6.45) is 4.48. The molecule has 1 unspecified atom stereocenters. The van der Waals surface area contributed by atoms with Crippen molar-refractivity contribution in [1.82, 2.24) is 4.90 Å². The molecule has 1 aliphatic heterocycles. The van der Waals surface area contributed by atoms with E-state index in [1.54, 1.807) is 0 Å². The second-order valence-electron chi connectivity index (χ2n) is 6.07. The molecule has 0 saturated heterocycles. The summed E-state index contributed by atoms with van der Waals surface area (Å²) in [6, 6.07) is 7.00. The highest BCUT2D eigenvalue weighted by molar-refractivity contribution is 5.79. The zero-order valence-corrected chi connectivity index (χ0v) is 12.9. The van der Waals surface area contributed by atoms with E-state index in [4.69, 9.17) is 4.74 Å². The predicted molar refractivity (Wildman–Crippen MR) is 83.8 cm³/mol. The summed E-state index contributed by atoms with van der Waals surface area (Å²) in [4.78, 5) is 14.2. The number of para-hydroxylation sites is 1. The molecular weight excluding hydrogens is 264 g/mol. The van der Waals surface area contributed by atoms with Crippen LogP contribution in [-0.4, -0.2) is 36.0 Å². The minimum absolute atomic E-state index is 0.0986. The minimum Gasteiger partial charge on any atom is -0.482 e. The molecule has 0 aromatic heterocycles. The molecule has 1 N–H and O–H groups in total. The summed E-state index contributed by atoms with van der Waals surface area (Å²) in [7, 11) is 0. The number of likely N-dealkylation sites (N-methyl/N-ethyl adjacent to an activating group) is 1. The molecule has 114 valence electrons. The van der Waals surface area contributed by atoms with Gasteiger partial charge in [0.15, 0.2) is 6.61 Å². The number of carbonyl (C=O) groups excluding carboxylic acids is 1. The van der Waals surface area contributed by atoms with Crippen LogP contribution in [0.5, 0.6) is 5.75 Å². The largest absolute Gasteiger partial charge is 0.482 e. The molecule has 0 radical (unpaired) electrons. The number of rotatable bonds is 5. The average Bonchev–Trinajstić information content (AvgIpc) is 3.30. The fourth-order valence-electron chi connectivity index (χ4n) is 3.01. The third-order valence-corrected chi connectivity index (χ3v) is 4.35. The standard InChI is InChI=1S/C17H24N2O2/c1-3-19(14-9-10-14)16(20)11-21-15-6-4-5-13-8-7-12(2)18-17(13)15/h4-6,12,14,18H,3,7-11H2,1-2H3. The zero-order valence-electron chi connectivity index (χ0n) is 12.9. The second-order valence-corrected chi connectivity index (χ2v) is 6.07. The third kappa shape index (κ3) is 3.14. The van der Waals surface area contributed by atoms with Gasteiger partial charge in [0.2, 0.25) is 0 Å². The van der Waals surface area contributed by atoms with Gasteiger partial charge in [-0.1, -0.05) is 12.1 Å². The normalized spacial score (nSPS) is 20.4. The Labute approximate surface area is 126 Å². The molecule has 0 spiro atoms. The van der Waals surface area contributed by atoms with Crippen molar-refractivity contribution in [3.8, 4) is 5.75 Å². The van der Waals surface area contributed by atoms with Crippen molar-refractivity contribution in [1.29, 1.82) is 0 Å². The monoisotopic (exact) mass is 288 g/mol. The Morgan fingerprint density at radius 1 is 1.38 bits per heavy atom. The maximum atomic E-state index is 12.2. The first kappa shape index (κ1) is 14.2. The Bertz CT molecular complexity index is 526. The van der Waals surface area contributed by atoms with Gasteiger partial charge in [-0.15, -0.1) is 0 Å². The van der Waals surface area contributed by atoms with Gasteiger partial charge in [0.05, 0.1) is 5.69 Å². The molecule has 1 aromatic carbocycles. The van der Waals surface area contributed by atoms with Crippen LogP contribution in [0.3, 0.4) is 0 Å². The third-order valence-electron chi connectivity index (χ3n) is 4.35. The summed E-state index contributed by atoms with van der Waals surface area (Å²) in [5.41, 5.74) is 2.35. The van der Waals surface area contributed by atoms with Gasteiger partial charge >= 0.3 is 0 Å². The van der Waals surface area contributed by atoms with Crippen LogP contribution < -0.4 is 10.1 Å². The number of anilines is 1. The van der Waals surface area contributed by atoms with Gasteiger partial charge in [-0.2, -0.15) is 0 Å². The topological polar surface area (TPSA) is 41.6 Å². The molecule has 2 aliphatic rings. The molecule has 3 rings (SSSR count). The molecule has 4 nitrogen and oxygen atoms in total. The van der Waals surface area contributed by atoms with E-state index in [9.17, 15) is 4.79 Å². The Balaban J connectivity index is 1.66. The Hall–Kier alpha value is -1.71. The molecule has 1 fully saturated rings. The lowest BCUT2D eigenvalue weighted by atomic mass is 9.98. The smallest absolute Gasteiger partial charge is 0.260 e. The lowest BCUT2D eigenvalue weighted by Gasteiger charge is -2.26. The molecular formula is C17H24N2O2. The second kappa shape index (κ2) is 5.96. The number of fused-ring (bicyclic) bond motifs is 1. The molecule has 1 aromatic rings. The summed E-state index contributed by atoms with van der Waals surface area (Å²) < 4.78 is 5.82. The van der Waals surface area contributed by atoms with Crippen molar-refractivity contribution < 1.29 is 9.53 Å². The van der Waals surface area contributed by atoms with Crippen molar-refractivity contribution in [2.24, 2.45) is 0 Å². The highest BCUT2D eigenvalue weighted by atomic mass is 16.5. The molecule has 1 atom stereocenters. The van der Waals surface area contributed by atoms with Gasteiger partial charge in [-0.25, -0.2) is 0 Å². The zero-order chi connectivity index (χ0) is 14.8. The SMILES string of the molecule is CCN(C(=O)COc1cccc2c1NC(C)CC2)C1CC1. The quantitative estimate of drug-likeness (QED) is 0.906. The van der Waals surface area contributed by atoms with Crippen molar-refractivity contribution in [2.75, 3.05) is 18.5 Å². The Morgan fingerprint density at radius 3 is 2.90 bits per heavy atom. The first-order valence-electron chi connectivity index (χ1n) is 7.99. The molecule has 4 heteroatoms. The van der Waals surface area contributed by atoms with Crippen LogP contribution in [0.25, 0.3) is 0 Å². The summed E-state index contributed by atoms with van der Waals surface area (Å²) in [6.45, 7) is 5.12. The predicted octanol–water partition coefficient (Wildman–Crippen LogP) is 2.82. The van der Waals surface area contributed by atoms with E-state index < -0.39 is 0 Å². The van der Waals surface area contributed by atoms with Gasteiger partial charge in [0.1, 0.15) is 5.75 Å². The molecule has 1 heterocycles. The fourth-order valence-corrected chi connectivity index (χ4v) is 3.01. The first-order valence-corrected chi connectivity index (χ1v) is 7.99. The van der Waals surface area contributed by atoms with Gasteiger partial charge in [-0.3, -0.25) is 4.79 Å². The Morgan fingerprint density at radius 2 is 2.19 bits per heavy atom. The van der Waals surface area contributed by atoms with Crippen LogP contribution in [0, 0.1) is 0 Å². The van der Waals surface area contributed by atoms with E-state index in [0.29, 0.717) is 12.1 Å². The van der Waals surface area contributed by atoms with Gasteiger partial charge < -0.3 is 15.0 Å². The number of nitrogens with one attached hydrogen (secondary N) is 1. The molecule has 1 saturated carbocycles. The van der Waals surface area contributed by atoms with Crippen LogP contribution in [0.2, 0.25) is 0 Å². The first-order chi connectivity index (χ1) is 10.2. The number of ether oxygens (including phenoxy) is 1. The van der Waals surface area contributed by atoms with Crippen molar-refractivity contribution >= 4 is 11.6 Å². The Kier molecular flexibility index (Phi) is 4.04. The maximum absolute atomic E-state index is 12.2. The molecule has 0 bridgehead atoms. The fraction of sp³-hybridized carbons (Fsp3) is 0.588. The number of benzene rings is 1. The van der Waals surface area contributed by atoms with Crippen LogP contribution in [-0.2, 0) is 11.2 Å². The van der Waals surface area contributed by atoms with E-state index in [1.165, 1.54) is 5.56 Å². The minimum atomic E-state index is 0.0986. The highest BCUT2D eigenvalue weighted by Crippen LogP contribution is 2.34. The van der Waals surface area contributed by atoms with Crippen LogP contribution in [0.4, 0.5) is 5.69 Å². The van der Waals surface area contributed by atoms with Crippen LogP contribution in [0.15, 0.2) is 18.2 Å². The van der Waals surface area contributed by atoms with Crippen molar-refractivity contribution in [2.45, 2.75) is 51.6 Å². The van der Waals surface area contributed by atoms with E-state index in [-0.39, 0.29) is 12.5 Å². The number of hydrogen-bond donors (Lipinski definition) is 1. The van der Waals surface area contributed by atoms with Crippen LogP contribution >= 0.6 is 0 Å². The summed E-state index contributed by atoms with van der Waals surface area (Å²) in [5, 5.41) is 3.48. The molecule has 1 amide bonds. The summed E-state index contributed by atoms with van der Waals surface area (Å²) >= 11 is 0.